The molecule has 1 nitrogen and oxygen atoms in total. The van der Waals surface area contributed by atoms with Crippen molar-refractivity contribution < 1.29 is 0 Å². The average molecular weight is 245 g/mol. The van der Waals surface area contributed by atoms with Crippen molar-refractivity contribution in [2.24, 2.45) is 0 Å². The predicted octanol–water partition coefficient (Wildman–Crippen LogP) is -0.980. The Balaban J connectivity index is 0. The summed E-state index contributed by atoms with van der Waals surface area (Å²) in [6.07, 6.45) is 0. The zero-order valence-electron chi connectivity index (χ0n) is 2.12. The summed E-state index contributed by atoms with van der Waals surface area (Å²) in [4.78, 5) is 0. The third-order valence-corrected chi connectivity index (χ3v) is 0. The van der Waals surface area contributed by atoms with Gasteiger partial charge >= 0.3 is 0 Å². The fourth-order valence-electron chi connectivity index (χ4n) is 0. The second kappa shape index (κ2) is 24.4. The molecule has 0 aliphatic rings. The summed E-state index contributed by atoms with van der Waals surface area (Å²) in [5.41, 5.74) is 0. The molecule has 0 rings (SSSR count). The molecule has 0 saturated heterocycles. The van der Waals surface area contributed by atoms with Crippen molar-refractivity contribution in [1.82, 2.24) is 6.15 Å². The smallest absolute Gasteiger partial charge is 0 e. The van der Waals surface area contributed by atoms with Gasteiger partial charge in [-0.15, -0.1) is 0 Å². The van der Waals surface area contributed by atoms with Crippen LogP contribution < -0.4 is 6.15 Å². The van der Waals surface area contributed by atoms with Gasteiger partial charge in [0, 0.05) is 52.2 Å². The Morgan fingerprint density at radius 1 is 1.00 bits per heavy atom. The number of rotatable bonds is 0. The van der Waals surface area contributed by atoms with Crippen molar-refractivity contribution in [3.05, 3.63) is 0 Å². The molecule has 0 aliphatic heterocycles. The van der Waals surface area contributed by atoms with Crippen LogP contribution in [0.2, 0.25) is 0 Å². The Morgan fingerprint density at radius 3 is 1.00 bits per heavy atom. The Morgan fingerprint density at radius 2 is 1.00 bits per heavy atom. The first kappa shape index (κ1) is 49.2. The molecule has 0 unspecified atom stereocenters. The Labute approximate surface area is 58.2 Å². The number of hydrogen-bond acceptors (Lipinski definition) is 1. The molecule has 0 amide bonds. The van der Waals surface area contributed by atoms with E-state index < -0.39 is 0 Å². The van der Waals surface area contributed by atoms with Crippen LogP contribution in [-0.4, -0.2) is 52.2 Å². The van der Waals surface area contributed by atoms with Crippen LogP contribution in [0.3, 0.4) is 0 Å². The fourth-order valence-corrected chi connectivity index (χ4v) is 0. The summed E-state index contributed by atoms with van der Waals surface area (Å²) in [7, 11) is 0. The van der Waals surface area contributed by atoms with E-state index in [9.17, 15) is 0 Å². The maximum Gasteiger partial charge on any atom is 0 e. The maximum atomic E-state index is 0. The van der Waals surface area contributed by atoms with Gasteiger partial charge in [0.25, 0.3) is 0 Å². The van der Waals surface area contributed by atoms with Gasteiger partial charge in [-0.3, -0.25) is 0 Å². The molecular weight excluding hydrogens is 242 g/mol. The molecule has 0 fully saturated rings. The minimum atomic E-state index is 0. The van der Waals surface area contributed by atoms with Gasteiger partial charge < -0.3 is 6.15 Å². The Kier molecular flexibility index (Phi) is 300. The molecule has 4 heteroatoms. The van der Waals surface area contributed by atoms with Gasteiger partial charge in [0.2, 0.25) is 0 Å². The third kappa shape index (κ3) is 9.70. The molecular formula is H3GeNSiTe. The van der Waals surface area contributed by atoms with Gasteiger partial charge in [0.1, 0.15) is 0 Å². The van der Waals surface area contributed by atoms with Crippen LogP contribution in [0.15, 0.2) is 0 Å². The van der Waals surface area contributed by atoms with Crippen LogP contribution in [0.1, 0.15) is 0 Å². The van der Waals surface area contributed by atoms with E-state index in [1.165, 1.54) is 0 Å². The summed E-state index contributed by atoms with van der Waals surface area (Å²) < 4.78 is 0. The van der Waals surface area contributed by atoms with E-state index in [-0.39, 0.29) is 58.4 Å². The third-order valence-electron chi connectivity index (χ3n) is 0. The monoisotopic (exact) mass is 249 g/mol. The van der Waals surface area contributed by atoms with Crippen LogP contribution in [0.5, 0.6) is 0 Å². The van der Waals surface area contributed by atoms with Gasteiger partial charge in [0.15, 0.2) is 0 Å². The predicted molar refractivity (Wildman–Crippen MR) is 22.3 cm³/mol. The minimum Gasteiger partial charge on any atom is -0.344 e. The van der Waals surface area contributed by atoms with Crippen molar-refractivity contribution in [3.8, 4) is 0 Å². The van der Waals surface area contributed by atoms with Crippen molar-refractivity contribution >= 4 is 52.2 Å². The molecule has 0 aromatic rings. The molecule has 0 spiro atoms. The standard InChI is InChI=1S/Ge.H3N.Si.Te/h;1H3;;. The molecule has 0 saturated carbocycles. The molecule has 0 bridgehead atoms. The van der Waals surface area contributed by atoms with Crippen LogP contribution >= 0.6 is 0 Å². The fraction of sp³-hybridized carbons (Fsp3) is 0. The van der Waals surface area contributed by atoms with Gasteiger partial charge in [-0.2, -0.15) is 0 Å². The van der Waals surface area contributed by atoms with Gasteiger partial charge in [-0.05, 0) is 0 Å². The molecule has 0 aromatic carbocycles. The largest absolute Gasteiger partial charge is 0.344 e. The Hall–Kier alpha value is 1.51. The first-order valence-electron chi connectivity index (χ1n) is 0. The van der Waals surface area contributed by atoms with Crippen molar-refractivity contribution in [3.63, 3.8) is 0 Å². The van der Waals surface area contributed by atoms with Crippen LogP contribution in [0.25, 0.3) is 0 Å². The molecule has 0 heterocycles. The second-order valence-electron chi connectivity index (χ2n) is 0. The zero-order valence-corrected chi connectivity index (χ0v) is 7.54. The maximum absolute atomic E-state index is 0. The van der Waals surface area contributed by atoms with E-state index in [1.54, 1.807) is 0 Å². The van der Waals surface area contributed by atoms with E-state index >= 15 is 0 Å². The van der Waals surface area contributed by atoms with E-state index in [4.69, 9.17) is 0 Å². The van der Waals surface area contributed by atoms with Crippen LogP contribution in [-0.2, 0) is 0 Å². The first-order chi connectivity index (χ1) is 0. The van der Waals surface area contributed by atoms with Crippen LogP contribution in [0, 0.1) is 0 Å². The average Bonchev–Trinajstić information content (AvgIpc) is 0. The van der Waals surface area contributed by atoms with Gasteiger partial charge in [0.05, 0.1) is 0 Å². The minimum absolute atomic E-state index is 0. The molecule has 0 aromatic heterocycles. The van der Waals surface area contributed by atoms with Crippen molar-refractivity contribution in [2.45, 2.75) is 0 Å². The first-order valence-corrected chi connectivity index (χ1v) is 0. The Bertz CT molecular complexity index is 8.00. The summed E-state index contributed by atoms with van der Waals surface area (Å²) in [5.74, 6) is 0. The summed E-state index contributed by atoms with van der Waals surface area (Å²) in [5, 5.41) is 0. The quantitative estimate of drug-likeness (QED) is 0.547. The molecule has 0 atom stereocenters. The van der Waals surface area contributed by atoms with E-state index in [0.29, 0.717) is 0 Å². The molecule has 10 radical (unpaired) electrons. The van der Waals surface area contributed by atoms with Crippen molar-refractivity contribution in [2.75, 3.05) is 0 Å². The van der Waals surface area contributed by atoms with Crippen molar-refractivity contribution in [1.29, 1.82) is 0 Å². The molecule has 22 valence electrons. The number of hydrogen-bond donors (Lipinski definition) is 1. The second-order valence-corrected chi connectivity index (χ2v) is 0. The van der Waals surface area contributed by atoms with Gasteiger partial charge in [-0.1, -0.05) is 0 Å². The summed E-state index contributed by atoms with van der Waals surface area (Å²) >= 11 is 0. The molecule has 4 heavy (non-hydrogen) atoms. The topological polar surface area (TPSA) is 35.0 Å². The summed E-state index contributed by atoms with van der Waals surface area (Å²) in [6.45, 7) is 0. The SMILES string of the molecule is N.[Ge].[Si].[Te]. The van der Waals surface area contributed by atoms with Gasteiger partial charge in [-0.25, -0.2) is 0 Å². The summed E-state index contributed by atoms with van der Waals surface area (Å²) in [6, 6.07) is 0. The normalized spacial score (nSPS) is 0. The molecule has 3 N–H and O–H groups in total. The van der Waals surface area contributed by atoms with E-state index in [1.807, 2.05) is 0 Å². The molecule has 0 aliphatic carbocycles. The van der Waals surface area contributed by atoms with E-state index in [0.717, 1.165) is 0 Å². The van der Waals surface area contributed by atoms with E-state index in [2.05, 4.69) is 0 Å². The van der Waals surface area contributed by atoms with Crippen LogP contribution in [0.4, 0.5) is 0 Å². The zero-order chi connectivity index (χ0) is 0.